The van der Waals surface area contributed by atoms with Crippen LogP contribution in [0.2, 0.25) is 0 Å². The van der Waals surface area contributed by atoms with Crippen molar-refractivity contribution in [3.63, 3.8) is 0 Å². The summed E-state index contributed by atoms with van der Waals surface area (Å²) in [6.07, 6.45) is 0. The predicted octanol–water partition coefficient (Wildman–Crippen LogP) is 2.95. The van der Waals surface area contributed by atoms with Gasteiger partial charge in [0.05, 0.1) is 12.9 Å². The summed E-state index contributed by atoms with van der Waals surface area (Å²) in [5.74, 6) is 0.967. The van der Waals surface area contributed by atoms with E-state index in [1.54, 1.807) is 23.9 Å². The third kappa shape index (κ3) is 3.46. The van der Waals surface area contributed by atoms with Crippen LogP contribution in [0.25, 0.3) is 5.69 Å². The number of carbonyl (C=O) groups is 1. The van der Waals surface area contributed by atoms with E-state index >= 15 is 0 Å². The normalized spacial score (nSPS) is 10.6. The Morgan fingerprint density at radius 1 is 1.21 bits per heavy atom. The first-order valence-corrected chi connectivity index (χ1v) is 8.32. The van der Waals surface area contributed by atoms with Crippen molar-refractivity contribution in [1.29, 1.82) is 0 Å². The van der Waals surface area contributed by atoms with Gasteiger partial charge in [-0.1, -0.05) is 48.2 Å². The average molecular weight is 340 g/mol. The molecule has 0 aliphatic carbocycles. The van der Waals surface area contributed by atoms with Gasteiger partial charge in [-0.15, -0.1) is 5.10 Å². The molecule has 24 heavy (non-hydrogen) atoms. The molecule has 0 aliphatic rings. The number of hydrogen-bond donors (Lipinski definition) is 0. The maximum Gasteiger partial charge on any atom is 0.214 e. The van der Waals surface area contributed by atoms with Crippen LogP contribution in [0.15, 0.2) is 53.7 Å². The molecule has 1 aromatic heterocycles. The van der Waals surface area contributed by atoms with Gasteiger partial charge in [-0.3, -0.25) is 4.79 Å². The Labute approximate surface area is 143 Å². The molecule has 2 aromatic carbocycles. The van der Waals surface area contributed by atoms with Crippen LogP contribution in [0.1, 0.15) is 15.9 Å². The maximum atomic E-state index is 12.2. The van der Waals surface area contributed by atoms with Gasteiger partial charge in [0.25, 0.3) is 0 Å². The molecule has 3 aromatic rings. The fourth-order valence-electron chi connectivity index (χ4n) is 2.22. The molecule has 0 aliphatic heterocycles. The quantitative estimate of drug-likeness (QED) is 0.507. The Morgan fingerprint density at radius 3 is 2.75 bits per heavy atom. The monoisotopic (exact) mass is 340 g/mol. The Balaban J connectivity index is 1.81. The fourth-order valence-corrected chi connectivity index (χ4v) is 3.00. The molecule has 3 rings (SSSR count). The molecule has 0 radical (unpaired) electrons. The maximum absolute atomic E-state index is 12.2. The summed E-state index contributed by atoms with van der Waals surface area (Å²) in [7, 11) is 1.60. The zero-order chi connectivity index (χ0) is 16.9. The summed E-state index contributed by atoms with van der Waals surface area (Å²) in [6, 6.07) is 14.9. The van der Waals surface area contributed by atoms with Crippen LogP contribution in [0.4, 0.5) is 0 Å². The highest BCUT2D eigenvalue weighted by Crippen LogP contribution is 2.27. The molecule has 0 spiro atoms. The van der Waals surface area contributed by atoms with E-state index in [1.807, 2.05) is 43.3 Å². The Kier molecular flexibility index (Phi) is 4.90. The number of Topliss-reactive ketones (excluding diaryl/α,β-unsaturated/α-hetero) is 1. The molecule has 0 unspecified atom stereocenters. The summed E-state index contributed by atoms with van der Waals surface area (Å²) >= 11 is 1.30. The second kappa shape index (κ2) is 7.27. The zero-order valence-corrected chi connectivity index (χ0v) is 14.2. The van der Waals surface area contributed by atoms with Crippen molar-refractivity contribution in [3.05, 3.63) is 59.7 Å². The van der Waals surface area contributed by atoms with Crippen LogP contribution in [0.5, 0.6) is 5.75 Å². The fraction of sp³-hybridized carbons (Fsp3) is 0.176. The number of thioether (sulfide) groups is 1. The molecule has 0 atom stereocenters. The number of carbonyl (C=O) groups excluding carboxylic acids is 1. The first kappa shape index (κ1) is 16.2. The van der Waals surface area contributed by atoms with E-state index in [0.717, 1.165) is 11.3 Å². The standard InChI is InChI=1S/C17H16N4O2S/c1-12-8-9-16(23-2)14(10-12)21-17(18-19-20-21)24-11-15(22)13-6-4-3-5-7-13/h3-10H,11H2,1-2H3. The van der Waals surface area contributed by atoms with Crippen molar-refractivity contribution >= 4 is 17.5 Å². The minimum absolute atomic E-state index is 0.0337. The van der Waals surface area contributed by atoms with Gasteiger partial charge in [-0.2, -0.15) is 4.68 Å². The van der Waals surface area contributed by atoms with E-state index in [4.69, 9.17) is 4.74 Å². The van der Waals surface area contributed by atoms with Gasteiger partial charge in [-0.25, -0.2) is 0 Å². The van der Waals surface area contributed by atoms with E-state index in [1.165, 1.54) is 11.8 Å². The lowest BCUT2D eigenvalue weighted by atomic mass is 10.2. The topological polar surface area (TPSA) is 69.9 Å². The van der Waals surface area contributed by atoms with Gasteiger partial charge in [-0.05, 0) is 35.0 Å². The van der Waals surface area contributed by atoms with E-state index in [0.29, 0.717) is 16.5 Å². The highest BCUT2D eigenvalue weighted by atomic mass is 32.2. The lowest BCUT2D eigenvalue weighted by Gasteiger charge is -2.10. The second-order valence-electron chi connectivity index (χ2n) is 5.13. The van der Waals surface area contributed by atoms with Gasteiger partial charge >= 0.3 is 0 Å². The number of nitrogens with zero attached hydrogens (tertiary/aromatic N) is 4. The van der Waals surface area contributed by atoms with Crippen molar-refractivity contribution in [3.8, 4) is 11.4 Å². The van der Waals surface area contributed by atoms with Crippen molar-refractivity contribution in [2.45, 2.75) is 12.1 Å². The van der Waals surface area contributed by atoms with Gasteiger partial charge in [0, 0.05) is 5.56 Å². The van der Waals surface area contributed by atoms with Crippen LogP contribution in [-0.4, -0.2) is 38.9 Å². The van der Waals surface area contributed by atoms with E-state index in [-0.39, 0.29) is 11.5 Å². The molecule has 7 heteroatoms. The Hall–Kier alpha value is -2.67. The van der Waals surface area contributed by atoms with Gasteiger partial charge in [0.15, 0.2) is 5.78 Å². The Morgan fingerprint density at radius 2 is 2.00 bits per heavy atom. The van der Waals surface area contributed by atoms with Crippen molar-refractivity contribution in [2.24, 2.45) is 0 Å². The number of ether oxygens (including phenoxy) is 1. The van der Waals surface area contributed by atoms with Gasteiger partial charge < -0.3 is 4.74 Å². The lowest BCUT2D eigenvalue weighted by molar-refractivity contribution is 0.102. The highest BCUT2D eigenvalue weighted by Gasteiger charge is 2.15. The molecule has 122 valence electrons. The first-order valence-electron chi connectivity index (χ1n) is 7.33. The average Bonchev–Trinajstić information content (AvgIpc) is 3.08. The van der Waals surface area contributed by atoms with E-state index in [2.05, 4.69) is 15.5 Å². The van der Waals surface area contributed by atoms with Crippen molar-refractivity contribution < 1.29 is 9.53 Å². The van der Waals surface area contributed by atoms with Crippen molar-refractivity contribution in [2.75, 3.05) is 12.9 Å². The molecular weight excluding hydrogens is 324 g/mol. The van der Waals surface area contributed by atoms with Crippen molar-refractivity contribution in [1.82, 2.24) is 20.2 Å². The highest BCUT2D eigenvalue weighted by molar-refractivity contribution is 7.99. The molecule has 0 amide bonds. The van der Waals surface area contributed by atoms with Crippen LogP contribution in [0, 0.1) is 6.92 Å². The van der Waals surface area contributed by atoms with Crippen LogP contribution in [-0.2, 0) is 0 Å². The number of benzene rings is 2. The van der Waals surface area contributed by atoms with Crippen LogP contribution >= 0.6 is 11.8 Å². The molecular formula is C17H16N4O2S. The molecule has 0 N–H and O–H groups in total. The third-order valence-corrected chi connectivity index (χ3v) is 4.35. The number of aryl methyl sites for hydroxylation is 1. The number of methoxy groups -OCH3 is 1. The second-order valence-corrected chi connectivity index (χ2v) is 6.07. The summed E-state index contributed by atoms with van der Waals surface area (Å²) in [6.45, 7) is 1.99. The summed E-state index contributed by atoms with van der Waals surface area (Å²) in [5, 5.41) is 12.3. The van der Waals surface area contributed by atoms with Gasteiger partial charge in [0.1, 0.15) is 11.4 Å². The molecule has 6 nitrogen and oxygen atoms in total. The van der Waals surface area contributed by atoms with E-state index in [9.17, 15) is 4.79 Å². The van der Waals surface area contributed by atoms with Crippen LogP contribution in [0.3, 0.4) is 0 Å². The van der Waals surface area contributed by atoms with E-state index < -0.39 is 0 Å². The Bertz CT molecular complexity index is 849. The minimum atomic E-state index is 0.0337. The molecule has 1 heterocycles. The minimum Gasteiger partial charge on any atom is -0.494 e. The third-order valence-electron chi connectivity index (χ3n) is 3.43. The number of aromatic nitrogens is 4. The molecule has 0 saturated heterocycles. The van der Waals surface area contributed by atoms with Crippen LogP contribution < -0.4 is 4.74 Å². The molecule has 0 saturated carbocycles. The SMILES string of the molecule is COc1ccc(C)cc1-n1nnnc1SCC(=O)c1ccccc1. The first-order chi connectivity index (χ1) is 11.7. The molecule has 0 fully saturated rings. The number of ketones is 1. The lowest BCUT2D eigenvalue weighted by Crippen LogP contribution is -2.06. The smallest absolute Gasteiger partial charge is 0.214 e. The predicted molar refractivity (Wildman–Crippen MR) is 91.9 cm³/mol. The number of hydrogen-bond acceptors (Lipinski definition) is 6. The summed E-state index contributed by atoms with van der Waals surface area (Å²) < 4.78 is 6.97. The van der Waals surface area contributed by atoms with Gasteiger partial charge in [0.2, 0.25) is 5.16 Å². The summed E-state index contributed by atoms with van der Waals surface area (Å²) in [4.78, 5) is 12.2. The number of tetrazole rings is 1. The zero-order valence-electron chi connectivity index (χ0n) is 13.3. The summed E-state index contributed by atoms with van der Waals surface area (Å²) in [5.41, 5.74) is 2.49. The largest absolute Gasteiger partial charge is 0.494 e. The molecule has 0 bridgehead atoms. The number of rotatable bonds is 6.